The first-order valence-electron chi connectivity index (χ1n) is 2.51. The molecule has 0 aromatic heterocycles. The minimum Gasteiger partial charge on any atom is -0.383 e. The molecule has 10 heavy (non-hydrogen) atoms. The number of rotatable bonds is 2. The highest BCUT2D eigenvalue weighted by Gasteiger charge is 1.99. The lowest BCUT2D eigenvalue weighted by molar-refractivity contribution is -0.118. The summed E-state index contributed by atoms with van der Waals surface area (Å²) >= 11 is 0. The van der Waals surface area contributed by atoms with Crippen LogP contribution in [0.25, 0.3) is 0 Å². The average molecular weight is 145 g/mol. The van der Waals surface area contributed by atoms with Crippen molar-refractivity contribution in [1.29, 1.82) is 5.41 Å². The molecule has 0 unspecified atom stereocenters. The molecule has 0 bridgehead atoms. The second-order valence-corrected chi connectivity index (χ2v) is 1.59. The van der Waals surface area contributed by atoms with E-state index in [2.05, 4.69) is 0 Å². The van der Waals surface area contributed by atoms with E-state index in [4.69, 9.17) is 11.1 Å². The van der Waals surface area contributed by atoms with Crippen molar-refractivity contribution in [3.05, 3.63) is 11.6 Å². The summed E-state index contributed by atoms with van der Waals surface area (Å²) < 4.78 is 12.2. The lowest BCUT2D eigenvalue weighted by Crippen LogP contribution is -2.26. The molecule has 0 heterocycles. The van der Waals surface area contributed by atoms with Crippen molar-refractivity contribution in [1.82, 2.24) is 5.32 Å². The molecule has 0 aliphatic rings. The first-order chi connectivity index (χ1) is 4.57. The van der Waals surface area contributed by atoms with Gasteiger partial charge in [-0.2, -0.15) is 0 Å². The predicted octanol–water partition coefficient (Wildman–Crippen LogP) is -0.131. The minimum atomic E-state index is -0.949. The Kier molecular flexibility index (Phi) is 3.10. The number of nitrogens with one attached hydrogen (secondary N) is 2. The fraction of sp³-hybridized carbons (Fsp3) is 0.200. The number of carbonyl (C=O) groups excluding carboxylic acids is 1. The van der Waals surface area contributed by atoms with Gasteiger partial charge in [0.1, 0.15) is 5.82 Å². The van der Waals surface area contributed by atoms with Gasteiger partial charge in [-0.3, -0.25) is 4.79 Å². The van der Waals surface area contributed by atoms with Crippen molar-refractivity contribution < 1.29 is 9.18 Å². The summed E-state index contributed by atoms with van der Waals surface area (Å²) in [6.45, 7) is 1.20. The van der Waals surface area contributed by atoms with Gasteiger partial charge in [-0.25, -0.2) is 4.39 Å². The Morgan fingerprint density at radius 3 is 2.60 bits per heavy atom. The number of allylic oxidation sites excluding steroid dienone is 1. The summed E-state index contributed by atoms with van der Waals surface area (Å²) in [5.74, 6) is -1.84. The van der Waals surface area contributed by atoms with Crippen molar-refractivity contribution >= 4 is 12.1 Å². The van der Waals surface area contributed by atoms with E-state index in [9.17, 15) is 9.18 Å². The third-order valence-corrected chi connectivity index (χ3v) is 0.695. The Morgan fingerprint density at radius 1 is 1.80 bits per heavy atom. The van der Waals surface area contributed by atoms with Crippen LogP contribution in [0.5, 0.6) is 0 Å². The molecule has 4 nitrogen and oxygen atoms in total. The molecule has 0 aromatic carbocycles. The predicted molar refractivity (Wildman–Crippen MR) is 34.9 cm³/mol. The molecule has 0 aliphatic heterocycles. The zero-order valence-electron chi connectivity index (χ0n) is 5.44. The van der Waals surface area contributed by atoms with Gasteiger partial charge in [0.2, 0.25) is 5.91 Å². The number of amides is 1. The molecule has 0 saturated carbocycles. The molecular weight excluding hydrogens is 137 g/mol. The van der Waals surface area contributed by atoms with Crippen LogP contribution in [0.4, 0.5) is 4.39 Å². The van der Waals surface area contributed by atoms with E-state index in [0.29, 0.717) is 6.21 Å². The van der Waals surface area contributed by atoms with E-state index >= 15 is 0 Å². The topological polar surface area (TPSA) is 79.0 Å². The summed E-state index contributed by atoms with van der Waals surface area (Å²) in [6, 6.07) is 0. The van der Waals surface area contributed by atoms with Crippen LogP contribution in [-0.2, 0) is 4.79 Å². The fourth-order valence-corrected chi connectivity index (χ4v) is 0.327. The summed E-state index contributed by atoms with van der Waals surface area (Å²) in [7, 11) is 0. The lowest BCUT2D eigenvalue weighted by atomic mass is 10.5. The third-order valence-electron chi connectivity index (χ3n) is 0.695. The first kappa shape index (κ1) is 8.61. The van der Waals surface area contributed by atoms with Gasteiger partial charge in [-0.1, -0.05) is 0 Å². The van der Waals surface area contributed by atoms with Crippen molar-refractivity contribution in [2.24, 2.45) is 5.73 Å². The average Bonchev–Trinajstić information content (AvgIpc) is 1.85. The van der Waals surface area contributed by atoms with Crippen LogP contribution in [0.2, 0.25) is 0 Å². The molecule has 1 amide bonds. The minimum absolute atomic E-state index is 0.422. The Hall–Kier alpha value is -1.39. The van der Waals surface area contributed by atoms with Crippen LogP contribution < -0.4 is 11.1 Å². The van der Waals surface area contributed by atoms with Gasteiger partial charge in [0, 0.05) is 6.92 Å². The largest absolute Gasteiger partial charge is 0.383 e. The molecule has 0 radical (unpaired) electrons. The second-order valence-electron chi connectivity index (χ2n) is 1.59. The second kappa shape index (κ2) is 3.60. The van der Waals surface area contributed by atoms with Crippen molar-refractivity contribution in [2.45, 2.75) is 6.92 Å². The van der Waals surface area contributed by atoms with Crippen molar-refractivity contribution in [3.63, 3.8) is 0 Å². The molecule has 0 atom stereocenters. The zero-order valence-corrected chi connectivity index (χ0v) is 5.44. The highest BCUT2D eigenvalue weighted by molar-refractivity contribution is 5.78. The highest BCUT2D eigenvalue weighted by Crippen LogP contribution is 1.92. The van der Waals surface area contributed by atoms with Gasteiger partial charge in [0.15, 0.2) is 5.83 Å². The Bertz CT molecular complexity index is 187. The highest BCUT2D eigenvalue weighted by atomic mass is 19.1. The van der Waals surface area contributed by atoms with Crippen LogP contribution in [0, 0.1) is 5.41 Å². The third kappa shape index (κ3) is 2.81. The normalized spacial score (nSPS) is 11.8. The summed E-state index contributed by atoms with van der Waals surface area (Å²) in [6.07, 6.45) is 0.422. The summed E-state index contributed by atoms with van der Waals surface area (Å²) in [5.41, 5.74) is 4.95. The van der Waals surface area contributed by atoms with Crippen LogP contribution in [-0.4, -0.2) is 12.1 Å². The maximum absolute atomic E-state index is 12.2. The Labute approximate surface area is 57.4 Å². The van der Waals surface area contributed by atoms with Crippen LogP contribution in [0.3, 0.4) is 0 Å². The SMILES string of the molecule is CC(=O)N/C(N)=C(\F)C=N. The number of carbonyl (C=O) groups is 1. The van der Waals surface area contributed by atoms with Crippen LogP contribution >= 0.6 is 0 Å². The molecular formula is C5H8FN3O. The molecule has 0 rings (SSSR count). The smallest absolute Gasteiger partial charge is 0.222 e. The van der Waals surface area contributed by atoms with Gasteiger partial charge in [-0.15, -0.1) is 0 Å². The van der Waals surface area contributed by atoms with Gasteiger partial charge in [0.05, 0.1) is 6.21 Å². The summed E-state index contributed by atoms with van der Waals surface area (Å²) in [5, 5.41) is 8.38. The monoisotopic (exact) mass is 145 g/mol. The molecule has 5 heteroatoms. The van der Waals surface area contributed by atoms with Crippen LogP contribution in [0.1, 0.15) is 6.92 Å². The van der Waals surface area contributed by atoms with Crippen LogP contribution in [0.15, 0.2) is 11.6 Å². The first-order valence-corrected chi connectivity index (χ1v) is 2.51. The van der Waals surface area contributed by atoms with Gasteiger partial charge in [0.25, 0.3) is 0 Å². The molecule has 0 aliphatic carbocycles. The van der Waals surface area contributed by atoms with Gasteiger partial charge < -0.3 is 16.5 Å². The molecule has 0 fully saturated rings. The fourth-order valence-electron chi connectivity index (χ4n) is 0.327. The summed E-state index contributed by atoms with van der Waals surface area (Å²) in [4.78, 5) is 10.2. The molecule has 0 saturated heterocycles. The van der Waals surface area contributed by atoms with E-state index in [-0.39, 0.29) is 0 Å². The van der Waals surface area contributed by atoms with E-state index in [0.717, 1.165) is 0 Å². The number of halogens is 1. The van der Waals surface area contributed by atoms with E-state index in [1.807, 2.05) is 5.32 Å². The van der Waals surface area contributed by atoms with Crippen molar-refractivity contribution in [2.75, 3.05) is 0 Å². The molecule has 0 spiro atoms. The standard InChI is InChI=1S/C5H8FN3O/c1-3(10)9-5(8)4(6)2-7/h2,7H,8H2,1H3,(H,9,10)/b5-4-,7-2?. The number of nitrogens with two attached hydrogens (primary N) is 1. The Balaban J connectivity index is 4.18. The maximum atomic E-state index is 12.2. The Morgan fingerprint density at radius 2 is 2.30 bits per heavy atom. The number of hydrogen-bond acceptors (Lipinski definition) is 3. The molecule has 0 aromatic rings. The lowest BCUT2D eigenvalue weighted by Gasteiger charge is -1.99. The van der Waals surface area contributed by atoms with Gasteiger partial charge in [-0.05, 0) is 0 Å². The maximum Gasteiger partial charge on any atom is 0.222 e. The van der Waals surface area contributed by atoms with E-state index in [1.54, 1.807) is 0 Å². The van der Waals surface area contributed by atoms with E-state index < -0.39 is 17.6 Å². The van der Waals surface area contributed by atoms with Gasteiger partial charge >= 0.3 is 0 Å². The molecule has 4 N–H and O–H groups in total. The zero-order chi connectivity index (χ0) is 8.15. The number of hydrogen-bond donors (Lipinski definition) is 3. The van der Waals surface area contributed by atoms with E-state index in [1.165, 1.54) is 6.92 Å². The van der Waals surface area contributed by atoms with Crippen molar-refractivity contribution in [3.8, 4) is 0 Å². The quantitative estimate of drug-likeness (QED) is 0.473. The molecule has 56 valence electrons.